The molecule has 0 aliphatic heterocycles. The highest BCUT2D eigenvalue weighted by molar-refractivity contribution is 6.12. The minimum absolute atomic E-state index is 0.00490. The highest BCUT2D eigenvalue weighted by Crippen LogP contribution is 2.43. The number of benzene rings is 8. The molecule has 8 aromatic carbocycles. The monoisotopic (exact) mass is 923 g/mol. The molecule has 4 heterocycles. The Balaban J connectivity index is 0.972. The normalized spacial score (nSPS) is 13.7. The first-order valence-electron chi connectivity index (χ1n) is 24.4. The summed E-state index contributed by atoms with van der Waals surface area (Å²) in [6, 6.07) is 68.3. The van der Waals surface area contributed by atoms with Gasteiger partial charge in [0.25, 0.3) is 0 Å². The summed E-state index contributed by atoms with van der Waals surface area (Å²) >= 11 is 0. The van der Waals surface area contributed by atoms with Crippen molar-refractivity contribution in [3.05, 3.63) is 247 Å². The Hall–Kier alpha value is -9.33. The minimum Gasteiger partial charge on any atom is -0.256 e. The van der Waals surface area contributed by atoms with Gasteiger partial charge in [0.2, 0.25) is 0 Å². The molecule has 0 amide bonds. The number of fused-ring (bicyclic) bond motifs is 5. The van der Waals surface area contributed by atoms with Crippen molar-refractivity contribution < 1.29 is 0 Å². The van der Waals surface area contributed by atoms with E-state index in [2.05, 4.69) is 188 Å². The molecule has 1 aliphatic carbocycles. The Morgan fingerprint density at radius 1 is 0.375 bits per heavy atom. The van der Waals surface area contributed by atoms with E-state index in [1.54, 1.807) is 0 Å². The van der Waals surface area contributed by atoms with E-state index in [1.165, 1.54) is 38.2 Å². The molecule has 72 heavy (non-hydrogen) atoms. The van der Waals surface area contributed by atoms with Gasteiger partial charge in [-0.3, -0.25) is 9.97 Å². The van der Waals surface area contributed by atoms with E-state index in [0.717, 1.165) is 90.0 Å². The molecule has 12 aromatic rings. The molecular weight excluding hydrogens is 879 g/mol. The van der Waals surface area contributed by atoms with Crippen molar-refractivity contribution in [3.8, 4) is 56.4 Å². The Morgan fingerprint density at radius 3 is 1.44 bits per heavy atom. The number of nitrogens with zero attached hydrogens (tertiary/aromatic N) is 7. The van der Waals surface area contributed by atoms with Gasteiger partial charge in [-0.15, -0.1) is 0 Å². The molecule has 7 heteroatoms. The van der Waals surface area contributed by atoms with Gasteiger partial charge in [0, 0.05) is 73.9 Å². The van der Waals surface area contributed by atoms with Crippen LogP contribution in [0.4, 0.5) is 0 Å². The Labute approximate surface area is 417 Å². The molecule has 4 aromatic heterocycles. The van der Waals surface area contributed by atoms with Gasteiger partial charge in [-0.2, -0.15) is 0 Å². The van der Waals surface area contributed by atoms with Crippen LogP contribution in [0, 0.1) is 13.8 Å². The lowest BCUT2D eigenvalue weighted by molar-refractivity contribution is 0.868. The molecular formula is C65H45N7. The maximum atomic E-state index is 5.37. The third-order valence-electron chi connectivity index (χ3n) is 13.9. The molecule has 1 unspecified atom stereocenters. The molecule has 0 spiro atoms. The summed E-state index contributed by atoms with van der Waals surface area (Å²) < 4.78 is 0. The standard InChI is InChI=1S/C65H45N7/c1-40-35-41(2)69-62(68-40)47-27-21-42(22-28-47)51-36-52(59-39-50-11-3-4-16-54(50)57-17-5-6-18-58(57)59)38-53(37-51)65-71-63(48-29-23-43(24-30-48)55-19-7-12-45-14-9-33-66-60(45)55)70-64(72-65)49-31-25-44(26-32-49)56-20-8-13-46-15-10-34-67-61(46)56/h3-35,37-39,51H,36H2,1-2H3. The number of aryl methyl sites for hydroxylation is 2. The lowest BCUT2D eigenvalue weighted by Crippen LogP contribution is -2.08. The van der Waals surface area contributed by atoms with Crippen LogP contribution in [-0.2, 0) is 0 Å². The zero-order valence-corrected chi connectivity index (χ0v) is 39.7. The van der Waals surface area contributed by atoms with Crippen molar-refractivity contribution in [2.24, 2.45) is 0 Å². The molecule has 7 nitrogen and oxygen atoms in total. The topological polar surface area (TPSA) is 90.2 Å². The summed E-state index contributed by atoms with van der Waals surface area (Å²) in [5.41, 5.74) is 15.4. The molecule has 340 valence electrons. The maximum absolute atomic E-state index is 5.37. The van der Waals surface area contributed by atoms with E-state index >= 15 is 0 Å². The van der Waals surface area contributed by atoms with Crippen LogP contribution in [0.25, 0.3) is 111 Å². The van der Waals surface area contributed by atoms with Crippen molar-refractivity contribution >= 4 is 54.5 Å². The largest absolute Gasteiger partial charge is 0.256 e. The highest BCUT2D eigenvalue weighted by Gasteiger charge is 2.24. The number of hydrogen-bond donors (Lipinski definition) is 0. The van der Waals surface area contributed by atoms with Crippen LogP contribution in [0.5, 0.6) is 0 Å². The van der Waals surface area contributed by atoms with E-state index in [1.807, 2.05) is 44.4 Å². The molecule has 13 rings (SSSR count). The zero-order valence-electron chi connectivity index (χ0n) is 39.7. The van der Waals surface area contributed by atoms with Gasteiger partial charge in [0.1, 0.15) is 0 Å². The fourth-order valence-corrected chi connectivity index (χ4v) is 10.4. The fraction of sp³-hybridized carbons (Fsp3) is 0.0615. The fourth-order valence-electron chi connectivity index (χ4n) is 10.4. The van der Waals surface area contributed by atoms with E-state index in [0.29, 0.717) is 17.5 Å². The van der Waals surface area contributed by atoms with Crippen molar-refractivity contribution in [2.75, 3.05) is 0 Å². The highest BCUT2D eigenvalue weighted by atomic mass is 15.0. The van der Waals surface area contributed by atoms with E-state index in [4.69, 9.17) is 34.9 Å². The van der Waals surface area contributed by atoms with E-state index in [-0.39, 0.29) is 5.92 Å². The first-order valence-corrected chi connectivity index (χ1v) is 24.4. The van der Waals surface area contributed by atoms with Crippen LogP contribution in [0.3, 0.4) is 0 Å². The predicted molar refractivity (Wildman–Crippen MR) is 294 cm³/mol. The van der Waals surface area contributed by atoms with Crippen LogP contribution in [-0.4, -0.2) is 34.9 Å². The summed E-state index contributed by atoms with van der Waals surface area (Å²) in [6.07, 6.45) is 9.13. The first kappa shape index (κ1) is 42.7. The number of aromatic nitrogens is 7. The maximum Gasteiger partial charge on any atom is 0.164 e. The number of pyridine rings is 2. The van der Waals surface area contributed by atoms with Crippen LogP contribution in [0.2, 0.25) is 0 Å². The summed E-state index contributed by atoms with van der Waals surface area (Å²) in [4.78, 5) is 35.0. The molecule has 0 saturated heterocycles. The van der Waals surface area contributed by atoms with E-state index < -0.39 is 0 Å². The van der Waals surface area contributed by atoms with Gasteiger partial charge in [-0.25, -0.2) is 24.9 Å². The zero-order chi connectivity index (χ0) is 48.1. The van der Waals surface area contributed by atoms with Crippen LogP contribution < -0.4 is 0 Å². The van der Waals surface area contributed by atoms with Gasteiger partial charge < -0.3 is 0 Å². The van der Waals surface area contributed by atoms with Gasteiger partial charge in [-0.1, -0.05) is 176 Å². The number of hydrogen-bond acceptors (Lipinski definition) is 7. The second kappa shape index (κ2) is 17.9. The van der Waals surface area contributed by atoms with Gasteiger partial charge in [-0.05, 0) is 100.0 Å². The Kier molecular flexibility index (Phi) is 10.6. The molecule has 1 aliphatic rings. The van der Waals surface area contributed by atoms with Crippen LogP contribution in [0.1, 0.15) is 40.7 Å². The van der Waals surface area contributed by atoms with Crippen molar-refractivity contribution in [1.29, 1.82) is 0 Å². The molecule has 0 radical (unpaired) electrons. The smallest absolute Gasteiger partial charge is 0.164 e. The van der Waals surface area contributed by atoms with Crippen molar-refractivity contribution in [1.82, 2.24) is 34.9 Å². The lowest BCUT2D eigenvalue weighted by Gasteiger charge is -2.24. The van der Waals surface area contributed by atoms with Crippen molar-refractivity contribution in [3.63, 3.8) is 0 Å². The molecule has 1 atom stereocenters. The summed E-state index contributed by atoms with van der Waals surface area (Å²) in [5.74, 6) is 2.52. The minimum atomic E-state index is 0.00490. The van der Waals surface area contributed by atoms with Gasteiger partial charge in [0.05, 0.1) is 11.0 Å². The predicted octanol–water partition coefficient (Wildman–Crippen LogP) is 15.7. The van der Waals surface area contributed by atoms with Crippen LogP contribution >= 0.6 is 0 Å². The summed E-state index contributed by atoms with van der Waals surface area (Å²) in [7, 11) is 0. The average Bonchev–Trinajstić information content (AvgIpc) is 3.44. The first-order chi connectivity index (χ1) is 35.5. The third kappa shape index (κ3) is 7.97. The van der Waals surface area contributed by atoms with E-state index in [9.17, 15) is 0 Å². The third-order valence-corrected chi connectivity index (χ3v) is 13.9. The lowest BCUT2D eigenvalue weighted by atomic mass is 9.81. The molecule has 0 N–H and O–H groups in total. The van der Waals surface area contributed by atoms with Gasteiger partial charge >= 0.3 is 0 Å². The number of allylic oxidation sites excluding steroid dienone is 4. The molecule has 0 bridgehead atoms. The van der Waals surface area contributed by atoms with Crippen LogP contribution in [0.15, 0.2) is 219 Å². The number of rotatable bonds is 8. The SMILES string of the molecule is Cc1cc(C)nc(-c2ccc(C3C=C(c4nc(-c5ccc(-c6cccc7cccnc67)cc5)nc(-c5ccc(-c6cccc7cccnc67)cc5)n4)C=C(c4cc5ccccc5c5ccccc45)C3)cc2)n1. The molecule has 0 fully saturated rings. The second-order valence-electron chi connectivity index (χ2n) is 18.6. The van der Waals surface area contributed by atoms with Gasteiger partial charge in [0.15, 0.2) is 23.3 Å². The summed E-state index contributed by atoms with van der Waals surface area (Å²) in [5, 5.41) is 7.08. The average molecular weight is 924 g/mol. The Morgan fingerprint density at radius 2 is 0.847 bits per heavy atom. The number of para-hydroxylation sites is 2. The second-order valence-corrected chi connectivity index (χ2v) is 18.6. The molecule has 0 saturated carbocycles. The Bertz CT molecular complexity index is 3970. The van der Waals surface area contributed by atoms with Crippen molar-refractivity contribution in [2.45, 2.75) is 26.2 Å². The quantitative estimate of drug-likeness (QED) is 0.140. The summed E-state index contributed by atoms with van der Waals surface area (Å²) in [6.45, 7) is 4.03.